The molecule has 0 unspecified atom stereocenters. The van der Waals surface area contributed by atoms with E-state index in [0.29, 0.717) is 33.1 Å². The lowest BCUT2D eigenvalue weighted by molar-refractivity contribution is -0.132. The van der Waals surface area contributed by atoms with E-state index < -0.39 is 11.9 Å². The molecule has 6 nitrogen and oxygen atoms in total. The van der Waals surface area contributed by atoms with Gasteiger partial charge in [-0.15, -0.1) is 0 Å². The standard InChI is InChI=1S/C23H24BrNO5/c1-12(26)29-20-17(24)6-13(8-19(20)28-2)7-18-21(27)30-22(25-18)23-9-14-3-15(10-23)5-16(4-14)11-23/h6-8,14-16H,3-5,9-11H2,1-2H3/b18-7-. The monoisotopic (exact) mass is 473 g/mol. The highest BCUT2D eigenvalue weighted by Gasteiger charge is 2.55. The van der Waals surface area contributed by atoms with Gasteiger partial charge in [-0.25, -0.2) is 9.79 Å². The zero-order chi connectivity index (χ0) is 21.0. The van der Waals surface area contributed by atoms with Crippen molar-refractivity contribution in [3.8, 4) is 11.5 Å². The quantitative estimate of drug-likeness (QED) is 0.353. The summed E-state index contributed by atoms with van der Waals surface area (Å²) in [6.07, 6.45) is 8.95. The van der Waals surface area contributed by atoms with E-state index >= 15 is 0 Å². The summed E-state index contributed by atoms with van der Waals surface area (Å²) in [6.45, 7) is 1.33. The van der Waals surface area contributed by atoms with Crippen molar-refractivity contribution in [1.29, 1.82) is 0 Å². The van der Waals surface area contributed by atoms with Crippen molar-refractivity contribution in [3.63, 3.8) is 0 Å². The second-order valence-electron chi connectivity index (χ2n) is 9.16. The third kappa shape index (κ3) is 3.37. The lowest BCUT2D eigenvalue weighted by Crippen LogP contribution is -2.50. The van der Waals surface area contributed by atoms with Crippen LogP contribution in [-0.4, -0.2) is 24.9 Å². The highest BCUT2D eigenvalue weighted by molar-refractivity contribution is 9.10. The van der Waals surface area contributed by atoms with Gasteiger partial charge in [0.25, 0.3) is 0 Å². The molecule has 158 valence electrons. The zero-order valence-corrected chi connectivity index (χ0v) is 18.7. The smallest absolute Gasteiger partial charge is 0.363 e. The minimum Gasteiger partial charge on any atom is -0.493 e. The molecule has 5 aliphatic rings. The van der Waals surface area contributed by atoms with E-state index in [2.05, 4.69) is 20.9 Å². The van der Waals surface area contributed by atoms with Crippen LogP contribution in [0, 0.1) is 23.2 Å². The predicted molar refractivity (Wildman–Crippen MR) is 114 cm³/mol. The molecule has 7 heteroatoms. The highest BCUT2D eigenvalue weighted by Crippen LogP contribution is 2.61. The van der Waals surface area contributed by atoms with Crippen LogP contribution in [-0.2, 0) is 14.3 Å². The zero-order valence-electron chi connectivity index (χ0n) is 17.1. The number of methoxy groups -OCH3 is 1. The summed E-state index contributed by atoms with van der Waals surface area (Å²) in [5.41, 5.74) is 0.948. The first-order valence-electron chi connectivity index (χ1n) is 10.4. The number of hydrogen-bond acceptors (Lipinski definition) is 6. The van der Waals surface area contributed by atoms with Crippen molar-refractivity contribution in [1.82, 2.24) is 0 Å². The van der Waals surface area contributed by atoms with Gasteiger partial charge >= 0.3 is 11.9 Å². The molecule has 30 heavy (non-hydrogen) atoms. The summed E-state index contributed by atoms with van der Waals surface area (Å²) >= 11 is 3.41. The Morgan fingerprint density at radius 2 is 1.83 bits per heavy atom. The third-order valence-corrected chi connectivity index (χ3v) is 7.50. The molecule has 0 atom stereocenters. The van der Waals surface area contributed by atoms with E-state index in [4.69, 9.17) is 14.2 Å². The van der Waals surface area contributed by atoms with Crippen LogP contribution in [0.25, 0.3) is 6.08 Å². The minimum atomic E-state index is -0.440. The summed E-state index contributed by atoms with van der Waals surface area (Å²) in [5, 5.41) is 0. The van der Waals surface area contributed by atoms with Crippen LogP contribution in [0.1, 0.15) is 51.0 Å². The normalized spacial score (nSPS) is 32.9. The molecule has 1 aromatic carbocycles. The second-order valence-corrected chi connectivity index (χ2v) is 10.0. The third-order valence-electron chi connectivity index (χ3n) is 6.91. The Morgan fingerprint density at radius 1 is 1.20 bits per heavy atom. The van der Waals surface area contributed by atoms with E-state index in [1.807, 2.05) is 0 Å². The van der Waals surface area contributed by atoms with Gasteiger partial charge in [-0.2, -0.15) is 0 Å². The summed E-state index contributed by atoms with van der Waals surface area (Å²) in [5.74, 6) is 2.73. The number of carbonyl (C=O) groups excluding carboxylic acids is 2. The summed E-state index contributed by atoms with van der Waals surface area (Å²) < 4.78 is 16.9. The highest BCUT2D eigenvalue weighted by atomic mass is 79.9. The van der Waals surface area contributed by atoms with E-state index in [9.17, 15) is 9.59 Å². The number of aliphatic imine (C=N–C) groups is 1. The second kappa shape index (κ2) is 7.22. The Balaban J connectivity index is 1.46. The molecule has 4 aliphatic carbocycles. The van der Waals surface area contributed by atoms with E-state index in [-0.39, 0.29) is 5.41 Å². The maximum absolute atomic E-state index is 12.6. The van der Waals surface area contributed by atoms with Crippen molar-refractivity contribution in [2.24, 2.45) is 28.2 Å². The molecule has 4 saturated carbocycles. The predicted octanol–water partition coefficient (Wildman–Crippen LogP) is 4.90. The van der Waals surface area contributed by atoms with Crippen molar-refractivity contribution >= 4 is 39.8 Å². The first kappa shape index (κ1) is 19.8. The van der Waals surface area contributed by atoms with Crippen LogP contribution in [0.15, 0.2) is 27.3 Å². The molecule has 0 saturated heterocycles. The topological polar surface area (TPSA) is 74.2 Å². The van der Waals surface area contributed by atoms with Crippen LogP contribution < -0.4 is 9.47 Å². The molecule has 0 amide bonds. The van der Waals surface area contributed by atoms with Crippen LogP contribution >= 0.6 is 15.9 Å². The number of benzene rings is 1. The fraction of sp³-hybridized carbons (Fsp3) is 0.522. The number of carbonyl (C=O) groups is 2. The van der Waals surface area contributed by atoms with Crippen LogP contribution in [0.5, 0.6) is 11.5 Å². The molecule has 0 N–H and O–H groups in total. The van der Waals surface area contributed by atoms with Gasteiger partial charge in [-0.1, -0.05) is 0 Å². The SMILES string of the molecule is COc1cc(/C=C2\N=C(C34CC5CC(CC(C5)C3)C4)OC2=O)cc(Br)c1OC(C)=O. The molecule has 0 spiro atoms. The minimum absolute atomic E-state index is 0.0581. The maximum atomic E-state index is 12.6. The summed E-state index contributed by atoms with van der Waals surface area (Å²) in [6, 6.07) is 3.47. The number of esters is 2. The van der Waals surface area contributed by atoms with Crippen molar-refractivity contribution in [2.45, 2.75) is 45.4 Å². The number of cyclic esters (lactones) is 1. The average Bonchev–Trinajstić information content (AvgIpc) is 3.03. The van der Waals surface area contributed by atoms with Gasteiger partial charge in [-0.05, 0) is 96.0 Å². The summed E-state index contributed by atoms with van der Waals surface area (Å²) in [4.78, 5) is 28.6. The fourth-order valence-electron chi connectivity index (χ4n) is 6.23. The molecular weight excluding hydrogens is 450 g/mol. The lowest BCUT2D eigenvalue weighted by Gasteiger charge is -2.55. The van der Waals surface area contributed by atoms with E-state index in [0.717, 1.165) is 37.0 Å². The van der Waals surface area contributed by atoms with Crippen LogP contribution in [0.4, 0.5) is 0 Å². The van der Waals surface area contributed by atoms with Crippen molar-refractivity contribution in [2.75, 3.05) is 7.11 Å². The number of ether oxygens (including phenoxy) is 3. The van der Waals surface area contributed by atoms with Crippen molar-refractivity contribution < 1.29 is 23.8 Å². The summed E-state index contributed by atoms with van der Waals surface area (Å²) in [7, 11) is 1.50. The largest absolute Gasteiger partial charge is 0.493 e. The molecule has 0 radical (unpaired) electrons. The lowest BCUT2D eigenvalue weighted by atomic mass is 9.49. The molecule has 4 bridgehead atoms. The van der Waals surface area contributed by atoms with Gasteiger partial charge < -0.3 is 14.2 Å². The molecule has 1 heterocycles. The Hall–Kier alpha value is -2.15. The van der Waals surface area contributed by atoms with Gasteiger partial charge in [-0.3, -0.25) is 4.79 Å². The Morgan fingerprint density at radius 3 is 2.40 bits per heavy atom. The van der Waals surface area contributed by atoms with Gasteiger partial charge in [0, 0.05) is 12.3 Å². The maximum Gasteiger partial charge on any atom is 0.363 e. The van der Waals surface area contributed by atoms with E-state index in [1.54, 1.807) is 18.2 Å². The number of halogens is 1. The Bertz CT molecular complexity index is 960. The molecule has 1 aromatic rings. The Kier molecular flexibility index (Phi) is 4.76. The Labute approximate surface area is 183 Å². The number of hydrogen-bond donors (Lipinski definition) is 0. The molecule has 1 aliphatic heterocycles. The first-order valence-corrected chi connectivity index (χ1v) is 11.2. The van der Waals surface area contributed by atoms with E-state index in [1.165, 1.54) is 33.3 Å². The fourth-order valence-corrected chi connectivity index (χ4v) is 6.77. The van der Waals surface area contributed by atoms with Gasteiger partial charge in [0.05, 0.1) is 11.6 Å². The molecule has 4 fully saturated rings. The first-order chi connectivity index (χ1) is 14.3. The van der Waals surface area contributed by atoms with Gasteiger partial charge in [0.15, 0.2) is 17.2 Å². The van der Waals surface area contributed by atoms with Gasteiger partial charge in [0.1, 0.15) is 0 Å². The van der Waals surface area contributed by atoms with Crippen molar-refractivity contribution in [3.05, 3.63) is 27.9 Å². The molecule has 6 rings (SSSR count). The van der Waals surface area contributed by atoms with Gasteiger partial charge in [0.2, 0.25) is 5.90 Å². The molecular formula is C23H24BrNO5. The molecule has 0 aromatic heterocycles. The van der Waals surface area contributed by atoms with Crippen LogP contribution in [0.3, 0.4) is 0 Å². The average molecular weight is 474 g/mol. The van der Waals surface area contributed by atoms with Crippen LogP contribution in [0.2, 0.25) is 0 Å². The number of rotatable bonds is 4. The number of nitrogens with zero attached hydrogens (tertiary/aromatic N) is 1.